The molecule has 30 heavy (non-hydrogen) atoms. The third-order valence-corrected chi connectivity index (χ3v) is 4.77. The lowest BCUT2D eigenvalue weighted by Crippen LogP contribution is -2.41. The van der Waals surface area contributed by atoms with Crippen molar-refractivity contribution >= 4 is 17.7 Å². The summed E-state index contributed by atoms with van der Waals surface area (Å²) in [7, 11) is 1.54. The Balaban J connectivity index is 1.80. The van der Waals surface area contributed by atoms with Gasteiger partial charge in [0.25, 0.3) is 5.91 Å². The Kier molecular flexibility index (Phi) is 7.51. The van der Waals surface area contributed by atoms with Gasteiger partial charge in [0.05, 0.1) is 13.2 Å². The second kappa shape index (κ2) is 10.5. The SMILES string of the molecule is COCCC(OC(=O)C(c1ccccc1)c1ccccc1)C(=O)NC1=NCC(C)=C1. The Morgan fingerprint density at radius 2 is 1.63 bits per heavy atom. The Bertz CT molecular complexity index is 883. The van der Waals surface area contributed by atoms with Gasteiger partial charge in [0.1, 0.15) is 11.8 Å². The van der Waals surface area contributed by atoms with Crippen LogP contribution in [0.25, 0.3) is 0 Å². The molecule has 0 spiro atoms. The van der Waals surface area contributed by atoms with Crippen LogP contribution in [0, 0.1) is 0 Å². The first-order chi connectivity index (χ1) is 14.6. The summed E-state index contributed by atoms with van der Waals surface area (Å²) in [5.74, 6) is -1.04. The smallest absolute Gasteiger partial charge is 0.318 e. The fourth-order valence-electron chi connectivity index (χ4n) is 3.25. The number of carbonyl (C=O) groups is 2. The minimum atomic E-state index is -0.982. The molecule has 0 bridgehead atoms. The van der Waals surface area contributed by atoms with Crippen LogP contribution in [0.1, 0.15) is 30.4 Å². The van der Waals surface area contributed by atoms with Crippen LogP contribution in [0.3, 0.4) is 0 Å². The molecule has 6 nitrogen and oxygen atoms in total. The van der Waals surface area contributed by atoms with Gasteiger partial charge in [-0.1, -0.05) is 60.7 Å². The van der Waals surface area contributed by atoms with E-state index in [-0.39, 0.29) is 13.0 Å². The van der Waals surface area contributed by atoms with Crippen LogP contribution >= 0.6 is 0 Å². The van der Waals surface area contributed by atoms with Crippen molar-refractivity contribution < 1.29 is 19.1 Å². The average molecular weight is 406 g/mol. The number of carbonyl (C=O) groups excluding carboxylic acids is 2. The zero-order chi connectivity index (χ0) is 21.3. The van der Waals surface area contributed by atoms with E-state index >= 15 is 0 Å². The lowest BCUT2D eigenvalue weighted by molar-refractivity contribution is -0.157. The van der Waals surface area contributed by atoms with Gasteiger partial charge in [0, 0.05) is 13.5 Å². The van der Waals surface area contributed by atoms with E-state index in [1.165, 1.54) is 0 Å². The number of rotatable bonds is 8. The number of methoxy groups -OCH3 is 1. The zero-order valence-electron chi connectivity index (χ0n) is 17.2. The molecule has 1 unspecified atom stereocenters. The number of amidine groups is 1. The van der Waals surface area contributed by atoms with Crippen LogP contribution in [-0.4, -0.2) is 44.1 Å². The van der Waals surface area contributed by atoms with Crippen LogP contribution in [0.2, 0.25) is 0 Å². The number of esters is 1. The number of amides is 1. The van der Waals surface area contributed by atoms with Gasteiger partial charge in [-0.3, -0.25) is 14.6 Å². The molecule has 1 amide bonds. The standard InChI is InChI=1S/C24H26N2O4/c1-17-15-21(25-16-17)26-23(27)20(13-14-29-2)30-24(28)22(18-9-5-3-6-10-18)19-11-7-4-8-12-19/h3-12,15,20,22H,13-14,16H2,1-2H3,(H,25,26,27). The lowest BCUT2D eigenvalue weighted by atomic mass is 9.91. The summed E-state index contributed by atoms with van der Waals surface area (Å²) in [4.78, 5) is 30.3. The molecule has 0 aromatic heterocycles. The van der Waals surface area contributed by atoms with Gasteiger partial charge >= 0.3 is 5.97 Å². The third kappa shape index (κ3) is 5.64. The number of aliphatic imine (C=N–C) groups is 1. The van der Waals surface area contributed by atoms with Gasteiger partial charge in [0.15, 0.2) is 6.10 Å². The van der Waals surface area contributed by atoms with Crippen molar-refractivity contribution in [2.75, 3.05) is 20.3 Å². The van der Waals surface area contributed by atoms with Gasteiger partial charge < -0.3 is 14.8 Å². The highest BCUT2D eigenvalue weighted by molar-refractivity contribution is 6.07. The molecule has 156 valence electrons. The van der Waals surface area contributed by atoms with E-state index in [2.05, 4.69) is 10.3 Å². The first-order valence-corrected chi connectivity index (χ1v) is 9.90. The van der Waals surface area contributed by atoms with E-state index in [0.29, 0.717) is 12.4 Å². The second-order valence-corrected chi connectivity index (χ2v) is 7.14. The molecule has 0 saturated heterocycles. The molecule has 0 fully saturated rings. The second-order valence-electron chi connectivity index (χ2n) is 7.14. The Hall–Kier alpha value is -3.25. The minimum absolute atomic E-state index is 0.250. The van der Waals surface area contributed by atoms with E-state index in [1.54, 1.807) is 7.11 Å². The lowest BCUT2D eigenvalue weighted by Gasteiger charge is -2.22. The maximum absolute atomic E-state index is 13.2. The van der Waals surface area contributed by atoms with E-state index in [1.807, 2.05) is 73.7 Å². The molecule has 6 heteroatoms. The number of ether oxygens (including phenoxy) is 2. The maximum Gasteiger partial charge on any atom is 0.318 e. The Morgan fingerprint density at radius 3 is 2.13 bits per heavy atom. The number of benzene rings is 2. The van der Waals surface area contributed by atoms with Crippen molar-refractivity contribution in [3.05, 3.63) is 83.4 Å². The van der Waals surface area contributed by atoms with E-state index in [0.717, 1.165) is 16.7 Å². The first kappa shape index (κ1) is 21.5. The zero-order valence-corrected chi connectivity index (χ0v) is 17.2. The molecule has 1 heterocycles. The summed E-state index contributed by atoms with van der Waals surface area (Å²) in [6.07, 6.45) is 1.08. The highest BCUT2D eigenvalue weighted by atomic mass is 16.6. The van der Waals surface area contributed by atoms with Crippen LogP contribution < -0.4 is 5.32 Å². The molecular formula is C24H26N2O4. The van der Waals surface area contributed by atoms with Crippen molar-refractivity contribution in [1.29, 1.82) is 0 Å². The quantitative estimate of drug-likeness (QED) is 0.683. The van der Waals surface area contributed by atoms with Gasteiger partial charge in [0.2, 0.25) is 0 Å². The molecule has 3 rings (SSSR count). The Labute approximate surface area is 176 Å². The minimum Gasteiger partial charge on any atom is -0.451 e. The first-order valence-electron chi connectivity index (χ1n) is 9.90. The predicted octanol–water partition coefficient (Wildman–Crippen LogP) is 3.24. The fourth-order valence-corrected chi connectivity index (χ4v) is 3.25. The molecule has 0 aliphatic carbocycles. The Morgan fingerprint density at radius 1 is 1.03 bits per heavy atom. The van der Waals surface area contributed by atoms with E-state index in [4.69, 9.17) is 9.47 Å². The summed E-state index contributed by atoms with van der Waals surface area (Å²) in [6.45, 7) is 2.78. The van der Waals surface area contributed by atoms with Crippen LogP contribution in [-0.2, 0) is 19.1 Å². The van der Waals surface area contributed by atoms with Crippen molar-refractivity contribution in [3.63, 3.8) is 0 Å². The predicted molar refractivity (Wildman–Crippen MR) is 115 cm³/mol. The molecule has 1 atom stereocenters. The van der Waals surface area contributed by atoms with Gasteiger partial charge in [-0.25, -0.2) is 0 Å². The van der Waals surface area contributed by atoms with Crippen molar-refractivity contribution in [1.82, 2.24) is 5.32 Å². The van der Waals surface area contributed by atoms with E-state index < -0.39 is 23.9 Å². The summed E-state index contributed by atoms with van der Waals surface area (Å²) in [6, 6.07) is 18.8. The summed E-state index contributed by atoms with van der Waals surface area (Å²) in [5.41, 5.74) is 2.67. The van der Waals surface area contributed by atoms with Crippen molar-refractivity contribution in [3.8, 4) is 0 Å². The van der Waals surface area contributed by atoms with Crippen LogP contribution in [0.4, 0.5) is 0 Å². The summed E-state index contributed by atoms with van der Waals surface area (Å²) >= 11 is 0. The topological polar surface area (TPSA) is 77.0 Å². The number of nitrogens with zero attached hydrogens (tertiary/aromatic N) is 1. The molecule has 2 aromatic rings. The third-order valence-electron chi connectivity index (χ3n) is 4.77. The highest BCUT2D eigenvalue weighted by Gasteiger charge is 2.30. The highest BCUT2D eigenvalue weighted by Crippen LogP contribution is 2.26. The molecule has 0 radical (unpaired) electrons. The fraction of sp³-hybridized carbons (Fsp3) is 0.292. The van der Waals surface area contributed by atoms with Gasteiger partial charge in [-0.2, -0.15) is 0 Å². The maximum atomic E-state index is 13.2. The monoisotopic (exact) mass is 406 g/mol. The summed E-state index contributed by atoms with van der Waals surface area (Å²) < 4.78 is 10.8. The summed E-state index contributed by atoms with van der Waals surface area (Å²) in [5, 5.41) is 2.74. The van der Waals surface area contributed by atoms with Gasteiger partial charge in [-0.15, -0.1) is 0 Å². The molecule has 2 aromatic carbocycles. The molecule has 1 aliphatic rings. The largest absolute Gasteiger partial charge is 0.451 e. The van der Waals surface area contributed by atoms with Crippen molar-refractivity contribution in [2.24, 2.45) is 4.99 Å². The van der Waals surface area contributed by atoms with Crippen molar-refractivity contribution in [2.45, 2.75) is 25.4 Å². The number of hydrogen-bond donors (Lipinski definition) is 1. The molecular weight excluding hydrogens is 380 g/mol. The van der Waals surface area contributed by atoms with Crippen LogP contribution in [0.5, 0.6) is 0 Å². The normalized spacial score (nSPS) is 14.1. The van der Waals surface area contributed by atoms with Gasteiger partial charge in [-0.05, 0) is 29.7 Å². The number of nitrogens with one attached hydrogen (secondary N) is 1. The molecule has 1 aliphatic heterocycles. The molecule has 0 saturated carbocycles. The van der Waals surface area contributed by atoms with E-state index in [9.17, 15) is 9.59 Å². The van der Waals surface area contributed by atoms with Crippen LogP contribution in [0.15, 0.2) is 77.3 Å². The number of hydrogen-bond acceptors (Lipinski definition) is 5. The average Bonchev–Trinajstić information content (AvgIpc) is 3.17. The molecule has 1 N–H and O–H groups in total.